The lowest BCUT2D eigenvalue weighted by atomic mass is 10.2. The van der Waals surface area contributed by atoms with Gasteiger partial charge in [0.05, 0.1) is 13.5 Å². The van der Waals surface area contributed by atoms with Gasteiger partial charge in [-0.3, -0.25) is 9.59 Å². The van der Waals surface area contributed by atoms with Crippen molar-refractivity contribution in [1.29, 1.82) is 0 Å². The van der Waals surface area contributed by atoms with Crippen LogP contribution in [0.1, 0.15) is 23.7 Å². The predicted molar refractivity (Wildman–Crippen MR) is 68.7 cm³/mol. The molecule has 0 aliphatic carbocycles. The van der Waals surface area contributed by atoms with E-state index in [1.807, 2.05) is 0 Å². The average Bonchev–Trinajstić information content (AvgIpc) is 2.36. The Bertz CT molecular complexity index is 469. The van der Waals surface area contributed by atoms with Crippen LogP contribution < -0.4 is 5.43 Å². The molecule has 0 saturated carbocycles. The summed E-state index contributed by atoms with van der Waals surface area (Å²) in [4.78, 5) is 22.6. The Morgan fingerprint density at radius 1 is 1.33 bits per heavy atom. The van der Waals surface area contributed by atoms with Gasteiger partial charge in [-0.05, 0) is 31.2 Å². The van der Waals surface area contributed by atoms with Crippen molar-refractivity contribution in [2.24, 2.45) is 5.10 Å². The van der Waals surface area contributed by atoms with Gasteiger partial charge < -0.3 is 4.74 Å². The van der Waals surface area contributed by atoms with Crippen LogP contribution in [-0.4, -0.2) is 24.7 Å². The molecule has 0 heterocycles. The van der Waals surface area contributed by atoms with Crippen LogP contribution in [0.2, 0.25) is 5.02 Å². The molecule has 0 fully saturated rings. The molecule has 1 aromatic carbocycles. The second-order valence-electron chi connectivity index (χ2n) is 3.55. The van der Waals surface area contributed by atoms with Crippen molar-refractivity contribution < 1.29 is 14.3 Å². The Labute approximate surface area is 110 Å². The van der Waals surface area contributed by atoms with E-state index in [2.05, 4.69) is 15.3 Å². The minimum Gasteiger partial charge on any atom is -0.469 e. The molecule has 1 N–H and O–H groups in total. The van der Waals surface area contributed by atoms with E-state index in [9.17, 15) is 9.59 Å². The number of halogens is 1. The molecule has 0 aliphatic rings. The lowest BCUT2D eigenvalue weighted by molar-refractivity contribution is -0.139. The number of amides is 1. The molecule has 0 aliphatic heterocycles. The van der Waals surface area contributed by atoms with E-state index < -0.39 is 5.97 Å². The number of methoxy groups -OCH3 is 1. The highest BCUT2D eigenvalue weighted by atomic mass is 35.5. The van der Waals surface area contributed by atoms with Gasteiger partial charge >= 0.3 is 5.97 Å². The topological polar surface area (TPSA) is 67.8 Å². The number of ether oxygens (including phenoxy) is 1. The number of carbonyl (C=O) groups excluding carboxylic acids is 2. The van der Waals surface area contributed by atoms with E-state index in [1.54, 1.807) is 31.2 Å². The molecule has 0 unspecified atom stereocenters. The smallest absolute Gasteiger partial charge is 0.311 e. The van der Waals surface area contributed by atoms with E-state index in [0.29, 0.717) is 16.3 Å². The lowest BCUT2D eigenvalue weighted by Gasteiger charge is -2.02. The second-order valence-corrected chi connectivity index (χ2v) is 3.98. The zero-order valence-corrected chi connectivity index (χ0v) is 10.8. The molecular weight excluding hydrogens is 256 g/mol. The first-order chi connectivity index (χ1) is 8.52. The molecule has 1 rings (SSSR count). The standard InChI is InChI=1S/C12H13ClN2O3/c1-8(7-11(16)18-2)14-15-12(17)9-3-5-10(13)6-4-9/h3-6H,7H2,1-2H3,(H,15,17)/b14-8-. The summed E-state index contributed by atoms with van der Waals surface area (Å²) >= 11 is 5.71. The van der Waals surface area contributed by atoms with Crippen LogP contribution in [0.15, 0.2) is 29.4 Å². The fourth-order valence-electron chi connectivity index (χ4n) is 1.13. The lowest BCUT2D eigenvalue weighted by Crippen LogP contribution is -2.20. The second kappa shape index (κ2) is 6.76. The van der Waals surface area contributed by atoms with Gasteiger partial charge in [-0.1, -0.05) is 11.6 Å². The summed E-state index contributed by atoms with van der Waals surface area (Å²) in [6, 6.07) is 6.40. The summed E-state index contributed by atoms with van der Waals surface area (Å²) in [7, 11) is 1.29. The molecule has 18 heavy (non-hydrogen) atoms. The number of rotatable bonds is 4. The van der Waals surface area contributed by atoms with Crippen LogP contribution in [0, 0.1) is 0 Å². The van der Waals surface area contributed by atoms with E-state index in [4.69, 9.17) is 11.6 Å². The quantitative estimate of drug-likeness (QED) is 0.516. The van der Waals surface area contributed by atoms with Gasteiger partial charge in [0.1, 0.15) is 0 Å². The molecule has 0 atom stereocenters. The van der Waals surface area contributed by atoms with Crippen LogP contribution in [0.25, 0.3) is 0 Å². The first kappa shape index (κ1) is 14.2. The number of esters is 1. The zero-order valence-electron chi connectivity index (χ0n) is 10.1. The number of nitrogens with one attached hydrogen (secondary N) is 1. The average molecular weight is 269 g/mol. The predicted octanol–water partition coefficient (Wildman–Crippen LogP) is 2.01. The molecule has 6 heteroatoms. The van der Waals surface area contributed by atoms with Crippen LogP contribution in [0.5, 0.6) is 0 Å². The largest absolute Gasteiger partial charge is 0.469 e. The van der Waals surface area contributed by atoms with Gasteiger partial charge in [0.25, 0.3) is 5.91 Å². The summed E-state index contributed by atoms with van der Waals surface area (Å²) in [6.45, 7) is 1.62. The van der Waals surface area contributed by atoms with Crippen molar-refractivity contribution in [3.8, 4) is 0 Å². The molecule has 0 saturated heterocycles. The number of hydrogen-bond acceptors (Lipinski definition) is 4. The monoisotopic (exact) mass is 268 g/mol. The molecular formula is C12H13ClN2O3. The third-order valence-corrected chi connectivity index (χ3v) is 2.33. The van der Waals surface area contributed by atoms with Gasteiger partial charge in [-0.2, -0.15) is 5.10 Å². The Kier molecular flexibility index (Phi) is 5.32. The zero-order chi connectivity index (χ0) is 13.5. The Morgan fingerprint density at radius 2 is 1.94 bits per heavy atom. The van der Waals surface area contributed by atoms with E-state index in [0.717, 1.165) is 0 Å². The molecule has 1 amide bonds. The van der Waals surface area contributed by atoms with Crippen LogP contribution >= 0.6 is 11.6 Å². The third kappa shape index (κ3) is 4.55. The minimum absolute atomic E-state index is 0.0391. The van der Waals surface area contributed by atoms with Crippen molar-refractivity contribution >= 4 is 29.2 Å². The van der Waals surface area contributed by atoms with Gasteiger partial charge in [0.15, 0.2) is 0 Å². The summed E-state index contributed by atoms with van der Waals surface area (Å²) in [5.41, 5.74) is 3.25. The van der Waals surface area contributed by atoms with Crippen molar-refractivity contribution in [3.63, 3.8) is 0 Å². The van der Waals surface area contributed by atoms with Gasteiger partial charge in [-0.15, -0.1) is 0 Å². The summed E-state index contributed by atoms with van der Waals surface area (Å²) in [5, 5.41) is 4.35. The molecule has 0 aromatic heterocycles. The third-order valence-electron chi connectivity index (χ3n) is 2.08. The number of hydrazone groups is 1. The van der Waals surface area contributed by atoms with E-state index in [-0.39, 0.29) is 12.3 Å². The summed E-state index contributed by atoms with van der Waals surface area (Å²) in [5.74, 6) is -0.770. The molecule has 0 bridgehead atoms. The highest BCUT2D eigenvalue weighted by molar-refractivity contribution is 6.30. The van der Waals surface area contributed by atoms with Gasteiger partial charge in [-0.25, -0.2) is 5.43 Å². The van der Waals surface area contributed by atoms with E-state index >= 15 is 0 Å². The van der Waals surface area contributed by atoms with E-state index in [1.165, 1.54) is 7.11 Å². The Hall–Kier alpha value is -1.88. The van der Waals surface area contributed by atoms with Crippen molar-refractivity contribution in [2.45, 2.75) is 13.3 Å². The highest BCUT2D eigenvalue weighted by Gasteiger charge is 2.06. The van der Waals surface area contributed by atoms with Crippen LogP contribution in [0.3, 0.4) is 0 Å². The fourth-order valence-corrected chi connectivity index (χ4v) is 1.26. The van der Waals surface area contributed by atoms with Gasteiger partial charge in [0, 0.05) is 16.3 Å². The minimum atomic E-state index is -0.406. The molecule has 0 spiro atoms. The molecule has 5 nitrogen and oxygen atoms in total. The molecule has 0 radical (unpaired) electrons. The molecule has 96 valence electrons. The highest BCUT2D eigenvalue weighted by Crippen LogP contribution is 2.09. The number of benzene rings is 1. The summed E-state index contributed by atoms with van der Waals surface area (Å²) < 4.78 is 4.48. The Morgan fingerprint density at radius 3 is 2.50 bits per heavy atom. The number of hydrogen-bond donors (Lipinski definition) is 1. The maximum Gasteiger partial charge on any atom is 0.311 e. The SMILES string of the molecule is COC(=O)C/C(C)=N\NC(=O)c1ccc(Cl)cc1. The van der Waals surface area contributed by atoms with Crippen molar-refractivity contribution in [2.75, 3.05) is 7.11 Å². The van der Waals surface area contributed by atoms with Crippen molar-refractivity contribution in [1.82, 2.24) is 5.43 Å². The van der Waals surface area contributed by atoms with Crippen molar-refractivity contribution in [3.05, 3.63) is 34.9 Å². The van der Waals surface area contributed by atoms with Crippen LogP contribution in [0.4, 0.5) is 0 Å². The number of nitrogens with zero attached hydrogens (tertiary/aromatic N) is 1. The first-order valence-electron chi connectivity index (χ1n) is 5.19. The summed E-state index contributed by atoms with van der Waals surface area (Å²) in [6.07, 6.45) is 0.0391. The molecule has 1 aromatic rings. The first-order valence-corrected chi connectivity index (χ1v) is 5.56. The van der Waals surface area contributed by atoms with Crippen LogP contribution in [-0.2, 0) is 9.53 Å². The Balaban J connectivity index is 2.57. The maximum atomic E-state index is 11.6. The number of carbonyl (C=O) groups is 2. The normalized spacial score (nSPS) is 10.9. The van der Waals surface area contributed by atoms with Gasteiger partial charge in [0.2, 0.25) is 0 Å². The fraction of sp³-hybridized carbons (Fsp3) is 0.250. The maximum absolute atomic E-state index is 11.6.